The van der Waals surface area contributed by atoms with Gasteiger partial charge in [0.2, 0.25) is 0 Å². The van der Waals surface area contributed by atoms with Crippen LogP contribution in [0.25, 0.3) is 0 Å². The largest absolute Gasteiger partial charge is 0.398 e. The van der Waals surface area contributed by atoms with Gasteiger partial charge in [-0.25, -0.2) is 4.39 Å². The first-order valence-corrected chi connectivity index (χ1v) is 5.79. The van der Waals surface area contributed by atoms with Crippen LogP contribution in [-0.4, -0.2) is 5.11 Å². The van der Waals surface area contributed by atoms with Crippen LogP contribution < -0.4 is 5.73 Å². The summed E-state index contributed by atoms with van der Waals surface area (Å²) in [5.41, 5.74) is 9.51. The molecule has 0 fully saturated rings. The van der Waals surface area contributed by atoms with Crippen LogP contribution in [0.1, 0.15) is 28.4 Å². The molecule has 0 bridgehead atoms. The molecule has 18 heavy (non-hydrogen) atoms. The summed E-state index contributed by atoms with van der Waals surface area (Å²) in [6, 6.07) is 9.68. The molecule has 2 aromatic rings. The molecule has 3 N–H and O–H groups in total. The molecule has 0 radical (unpaired) electrons. The summed E-state index contributed by atoms with van der Waals surface area (Å²) >= 11 is 0. The lowest BCUT2D eigenvalue weighted by Crippen LogP contribution is -2.05. The molecule has 1 atom stereocenters. The van der Waals surface area contributed by atoms with Gasteiger partial charge in [0.25, 0.3) is 0 Å². The average Bonchev–Trinajstić information content (AvgIpc) is 2.35. The molecular formula is C15H16FNO. The number of anilines is 1. The lowest BCUT2D eigenvalue weighted by Gasteiger charge is -2.15. The monoisotopic (exact) mass is 245 g/mol. The molecule has 2 nitrogen and oxygen atoms in total. The number of aryl methyl sites for hydroxylation is 2. The molecule has 3 heteroatoms. The highest BCUT2D eigenvalue weighted by Crippen LogP contribution is 2.28. The van der Waals surface area contributed by atoms with E-state index in [0.717, 1.165) is 16.7 Å². The van der Waals surface area contributed by atoms with Crippen molar-refractivity contribution in [3.05, 3.63) is 64.5 Å². The van der Waals surface area contributed by atoms with E-state index in [4.69, 9.17) is 5.73 Å². The summed E-state index contributed by atoms with van der Waals surface area (Å²) in [6.45, 7) is 3.97. The maximum absolute atomic E-state index is 13.2. The Morgan fingerprint density at radius 2 is 1.78 bits per heavy atom. The Morgan fingerprint density at radius 1 is 1.06 bits per heavy atom. The van der Waals surface area contributed by atoms with Crippen LogP contribution in [0.3, 0.4) is 0 Å². The lowest BCUT2D eigenvalue weighted by molar-refractivity contribution is 0.220. The van der Waals surface area contributed by atoms with Crippen LogP contribution in [0.15, 0.2) is 36.4 Å². The number of hydrogen-bond acceptors (Lipinski definition) is 2. The van der Waals surface area contributed by atoms with E-state index in [1.165, 1.54) is 18.2 Å². The fraction of sp³-hybridized carbons (Fsp3) is 0.200. The van der Waals surface area contributed by atoms with Gasteiger partial charge >= 0.3 is 0 Å². The SMILES string of the molecule is Cc1ccc(C(O)c2cc(F)ccc2N)cc1C. The van der Waals surface area contributed by atoms with Crippen LogP contribution in [0, 0.1) is 19.7 Å². The number of halogens is 1. The van der Waals surface area contributed by atoms with Gasteiger partial charge in [-0.15, -0.1) is 0 Å². The molecule has 2 rings (SSSR count). The average molecular weight is 245 g/mol. The second kappa shape index (κ2) is 4.78. The van der Waals surface area contributed by atoms with Crippen molar-refractivity contribution in [1.82, 2.24) is 0 Å². The van der Waals surface area contributed by atoms with Crippen LogP contribution in [0.2, 0.25) is 0 Å². The maximum atomic E-state index is 13.2. The molecule has 1 unspecified atom stereocenters. The van der Waals surface area contributed by atoms with Gasteiger partial charge in [0.05, 0.1) is 0 Å². The molecule has 0 aromatic heterocycles. The van der Waals surface area contributed by atoms with Gasteiger partial charge in [-0.3, -0.25) is 0 Å². The van der Waals surface area contributed by atoms with Crippen molar-refractivity contribution < 1.29 is 9.50 Å². The molecule has 0 aliphatic rings. The molecule has 0 saturated heterocycles. The Labute approximate surface area is 106 Å². The molecule has 0 aliphatic heterocycles. The third kappa shape index (κ3) is 2.36. The summed E-state index contributed by atoms with van der Waals surface area (Å²) in [6.07, 6.45) is -0.903. The fourth-order valence-electron chi connectivity index (χ4n) is 1.90. The third-order valence-electron chi connectivity index (χ3n) is 3.19. The summed E-state index contributed by atoms with van der Waals surface area (Å²) in [4.78, 5) is 0. The van der Waals surface area contributed by atoms with Crippen LogP contribution in [0.5, 0.6) is 0 Å². The van der Waals surface area contributed by atoms with Crippen molar-refractivity contribution in [3.8, 4) is 0 Å². The highest BCUT2D eigenvalue weighted by atomic mass is 19.1. The highest BCUT2D eigenvalue weighted by molar-refractivity contribution is 5.51. The molecule has 0 spiro atoms. The van der Waals surface area contributed by atoms with Gasteiger partial charge < -0.3 is 10.8 Å². The fourth-order valence-corrected chi connectivity index (χ4v) is 1.90. The van der Waals surface area contributed by atoms with E-state index in [0.29, 0.717) is 11.3 Å². The first-order chi connectivity index (χ1) is 8.49. The van der Waals surface area contributed by atoms with Crippen LogP contribution in [0.4, 0.5) is 10.1 Å². The number of nitrogens with two attached hydrogens (primary N) is 1. The van der Waals surface area contributed by atoms with E-state index in [1.807, 2.05) is 32.0 Å². The Hall–Kier alpha value is -1.87. The quantitative estimate of drug-likeness (QED) is 0.798. The molecule has 94 valence electrons. The summed E-state index contributed by atoms with van der Waals surface area (Å²) in [5, 5.41) is 10.3. The van der Waals surface area contributed by atoms with Crippen LogP contribution in [-0.2, 0) is 0 Å². The van der Waals surface area contributed by atoms with Gasteiger partial charge in [0.1, 0.15) is 11.9 Å². The molecule has 0 saturated carbocycles. The smallest absolute Gasteiger partial charge is 0.123 e. The zero-order valence-corrected chi connectivity index (χ0v) is 10.4. The van der Waals surface area contributed by atoms with E-state index >= 15 is 0 Å². The van der Waals surface area contributed by atoms with Crippen molar-refractivity contribution >= 4 is 5.69 Å². The Morgan fingerprint density at radius 3 is 2.44 bits per heavy atom. The number of hydrogen-bond donors (Lipinski definition) is 2. The second-order valence-electron chi connectivity index (χ2n) is 4.52. The van der Waals surface area contributed by atoms with Gasteiger partial charge in [-0.05, 0) is 48.7 Å². The normalized spacial score (nSPS) is 12.4. The Kier molecular flexibility index (Phi) is 3.34. The van der Waals surface area contributed by atoms with Crippen molar-refractivity contribution in [3.63, 3.8) is 0 Å². The van der Waals surface area contributed by atoms with Gasteiger partial charge in [-0.1, -0.05) is 18.2 Å². The molecule has 0 amide bonds. The summed E-state index contributed by atoms with van der Waals surface area (Å²) < 4.78 is 13.2. The number of rotatable bonds is 2. The Balaban J connectivity index is 2.44. The standard InChI is InChI=1S/C15H16FNO/c1-9-3-4-11(7-10(9)2)15(18)13-8-12(16)5-6-14(13)17/h3-8,15,18H,17H2,1-2H3. The Bertz CT molecular complexity index is 581. The summed E-state index contributed by atoms with van der Waals surface area (Å²) in [5.74, 6) is -0.401. The predicted octanol–water partition coefficient (Wildman–Crippen LogP) is 3.11. The van der Waals surface area contributed by atoms with Gasteiger partial charge in [-0.2, -0.15) is 0 Å². The van der Waals surface area contributed by atoms with Crippen LogP contribution >= 0.6 is 0 Å². The first kappa shape index (κ1) is 12.6. The van der Waals surface area contributed by atoms with E-state index in [-0.39, 0.29) is 0 Å². The van der Waals surface area contributed by atoms with E-state index in [1.54, 1.807) is 0 Å². The first-order valence-electron chi connectivity index (χ1n) is 5.79. The van der Waals surface area contributed by atoms with Crippen molar-refractivity contribution in [2.24, 2.45) is 0 Å². The zero-order valence-electron chi connectivity index (χ0n) is 10.4. The van der Waals surface area contributed by atoms with Gasteiger partial charge in [0.15, 0.2) is 0 Å². The van der Waals surface area contributed by atoms with Crippen molar-refractivity contribution in [1.29, 1.82) is 0 Å². The topological polar surface area (TPSA) is 46.2 Å². The lowest BCUT2D eigenvalue weighted by atomic mass is 9.97. The number of benzene rings is 2. The molecule has 2 aromatic carbocycles. The highest BCUT2D eigenvalue weighted by Gasteiger charge is 2.14. The van der Waals surface area contributed by atoms with Gasteiger partial charge in [0, 0.05) is 11.3 Å². The second-order valence-corrected chi connectivity index (χ2v) is 4.52. The maximum Gasteiger partial charge on any atom is 0.123 e. The summed E-state index contributed by atoms with van der Waals surface area (Å²) in [7, 11) is 0. The number of aliphatic hydroxyl groups is 1. The minimum absolute atomic E-state index is 0.391. The molecule has 0 aliphatic carbocycles. The van der Waals surface area contributed by atoms with E-state index in [2.05, 4.69) is 0 Å². The zero-order chi connectivity index (χ0) is 13.3. The minimum Gasteiger partial charge on any atom is -0.398 e. The minimum atomic E-state index is -0.903. The molecule has 0 heterocycles. The van der Waals surface area contributed by atoms with Crippen molar-refractivity contribution in [2.45, 2.75) is 20.0 Å². The molecular weight excluding hydrogens is 229 g/mol. The van der Waals surface area contributed by atoms with E-state index in [9.17, 15) is 9.50 Å². The third-order valence-corrected chi connectivity index (χ3v) is 3.19. The van der Waals surface area contributed by atoms with Crippen molar-refractivity contribution in [2.75, 3.05) is 5.73 Å². The number of aliphatic hydroxyl groups excluding tert-OH is 1. The number of nitrogen functional groups attached to an aromatic ring is 1. The predicted molar refractivity (Wildman–Crippen MR) is 70.8 cm³/mol. The van der Waals surface area contributed by atoms with E-state index < -0.39 is 11.9 Å².